The normalized spacial score (nSPS) is 19.2. The summed E-state index contributed by atoms with van der Waals surface area (Å²) in [4.78, 5) is 7.52. The van der Waals surface area contributed by atoms with Crippen molar-refractivity contribution in [3.8, 4) is 11.5 Å². The van der Waals surface area contributed by atoms with E-state index < -0.39 is 0 Å². The topological polar surface area (TPSA) is 46.6 Å². The van der Waals surface area contributed by atoms with Crippen LogP contribution in [0, 0.1) is 0 Å². The highest BCUT2D eigenvalue weighted by atomic mass is 16.5. The van der Waals surface area contributed by atoms with Crippen LogP contribution in [0.2, 0.25) is 0 Å². The number of aryl methyl sites for hydroxylation is 1. The van der Waals surface area contributed by atoms with Gasteiger partial charge < -0.3 is 19.7 Å². The number of hydrogen-bond donors (Lipinski definition) is 1. The molecule has 5 rings (SSSR count). The lowest BCUT2D eigenvalue weighted by molar-refractivity contribution is 0.254. The first-order valence-electron chi connectivity index (χ1n) is 11.0. The van der Waals surface area contributed by atoms with Gasteiger partial charge in [0.05, 0.1) is 19.2 Å². The molecule has 150 valence electrons. The molecule has 2 heterocycles. The predicted octanol–water partition coefficient (Wildman–Crippen LogP) is 4.17. The molecule has 1 N–H and O–H groups in total. The van der Waals surface area contributed by atoms with Gasteiger partial charge in [-0.05, 0) is 76.1 Å². The van der Waals surface area contributed by atoms with Crippen LogP contribution in [0.25, 0.3) is 10.9 Å². The largest absolute Gasteiger partial charge is 0.493 e. The van der Waals surface area contributed by atoms with Crippen molar-refractivity contribution in [2.45, 2.75) is 57.4 Å². The minimum Gasteiger partial charge on any atom is -0.493 e. The summed E-state index contributed by atoms with van der Waals surface area (Å²) in [5.41, 5.74) is 5.00. The van der Waals surface area contributed by atoms with Gasteiger partial charge in [0.25, 0.3) is 0 Å². The Labute approximate surface area is 167 Å². The van der Waals surface area contributed by atoms with Gasteiger partial charge in [-0.1, -0.05) is 0 Å². The SMILES string of the molecule is COc1cc2c(NC3CC3)c3c(nc2cc1OCCCN1CCCC1)CCC3. The fraction of sp³-hybridized carbons (Fsp3) is 0.609. The predicted molar refractivity (Wildman–Crippen MR) is 113 cm³/mol. The Hall–Kier alpha value is -2.01. The van der Waals surface area contributed by atoms with Crippen LogP contribution in [0.1, 0.15) is 49.8 Å². The van der Waals surface area contributed by atoms with Crippen molar-refractivity contribution < 1.29 is 9.47 Å². The number of benzene rings is 1. The Morgan fingerprint density at radius 2 is 1.96 bits per heavy atom. The van der Waals surface area contributed by atoms with Gasteiger partial charge in [-0.3, -0.25) is 4.98 Å². The monoisotopic (exact) mass is 381 g/mol. The molecule has 28 heavy (non-hydrogen) atoms. The molecule has 0 spiro atoms. The first kappa shape index (κ1) is 18.0. The van der Waals surface area contributed by atoms with Gasteiger partial charge in [-0.25, -0.2) is 0 Å². The average molecular weight is 382 g/mol. The van der Waals surface area contributed by atoms with E-state index in [-0.39, 0.29) is 0 Å². The number of nitrogens with one attached hydrogen (secondary N) is 1. The fourth-order valence-electron chi connectivity index (χ4n) is 4.62. The molecule has 1 aromatic heterocycles. The van der Waals surface area contributed by atoms with Crippen molar-refractivity contribution in [3.05, 3.63) is 23.4 Å². The molecule has 0 radical (unpaired) electrons. The molecule has 5 heteroatoms. The van der Waals surface area contributed by atoms with Crippen molar-refractivity contribution in [1.29, 1.82) is 0 Å². The van der Waals surface area contributed by atoms with Crippen LogP contribution >= 0.6 is 0 Å². The van der Waals surface area contributed by atoms with Crippen LogP contribution in [0.3, 0.4) is 0 Å². The second-order valence-electron chi connectivity index (χ2n) is 8.46. The van der Waals surface area contributed by atoms with Crippen LogP contribution in [0.5, 0.6) is 11.5 Å². The zero-order valence-electron chi connectivity index (χ0n) is 16.9. The zero-order valence-corrected chi connectivity index (χ0v) is 16.9. The quantitative estimate of drug-likeness (QED) is 0.696. The lowest BCUT2D eigenvalue weighted by Gasteiger charge is -2.18. The van der Waals surface area contributed by atoms with Gasteiger partial charge in [0.2, 0.25) is 0 Å². The highest BCUT2D eigenvalue weighted by Crippen LogP contribution is 2.41. The molecule has 1 saturated heterocycles. The standard InChI is InChI=1S/C23H31N3O2/c1-27-21-14-18-20(15-22(21)28-13-5-12-26-10-2-3-11-26)25-19-7-4-6-17(19)23(18)24-16-8-9-16/h14-16H,2-13H2,1H3,(H,24,25). The zero-order chi connectivity index (χ0) is 18.9. The molecule has 3 aliphatic rings. The van der Waals surface area contributed by atoms with Gasteiger partial charge in [0, 0.05) is 35.4 Å². The fourth-order valence-corrected chi connectivity index (χ4v) is 4.62. The third kappa shape index (κ3) is 3.64. The highest BCUT2D eigenvalue weighted by molar-refractivity contribution is 5.96. The first-order chi connectivity index (χ1) is 13.8. The van der Waals surface area contributed by atoms with Crippen LogP contribution in [0.4, 0.5) is 5.69 Å². The van der Waals surface area contributed by atoms with E-state index in [1.54, 1.807) is 7.11 Å². The molecule has 0 bridgehead atoms. The molecule has 0 amide bonds. The van der Waals surface area contributed by atoms with Crippen molar-refractivity contribution in [2.24, 2.45) is 0 Å². The Morgan fingerprint density at radius 1 is 1.11 bits per heavy atom. The summed E-state index contributed by atoms with van der Waals surface area (Å²) in [7, 11) is 1.73. The summed E-state index contributed by atoms with van der Waals surface area (Å²) in [6, 6.07) is 4.84. The summed E-state index contributed by atoms with van der Waals surface area (Å²) in [5.74, 6) is 1.63. The minimum atomic E-state index is 0.628. The second kappa shape index (κ2) is 7.78. The Bertz CT molecular complexity index is 857. The lowest BCUT2D eigenvalue weighted by atomic mass is 10.1. The van der Waals surface area contributed by atoms with Gasteiger partial charge in [-0.2, -0.15) is 0 Å². The summed E-state index contributed by atoms with van der Waals surface area (Å²) >= 11 is 0. The van der Waals surface area contributed by atoms with Crippen LogP contribution in [-0.2, 0) is 12.8 Å². The summed E-state index contributed by atoms with van der Waals surface area (Å²) in [6.45, 7) is 4.32. The maximum absolute atomic E-state index is 6.14. The van der Waals surface area contributed by atoms with Crippen molar-refractivity contribution in [3.63, 3.8) is 0 Å². The third-order valence-corrected chi connectivity index (χ3v) is 6.30. The highest BCUT2D eigenvalue weighted by Gasteiger charge is 2.27. The number of nitrogens with zero attached hydrogens (tertiary/aromatic N) is 2. The van der Waals surface area contributed by atoms with Crippen LogP contribution in [0.15, 0.2) is 12.1 Å². The number of methoxy groups -OCH3 is 1. The molecule has 2 aromatic rings. The Morgan fingerprint density at radius 3 is 2.75 bits per heavy atom. The number of anilines is 1. The summed E-state index contributed by atoms with van der Waals surface area (Å²) < 4.78 is 11.8. The molecular weight excluding hydrogens is 350 g/mol. The maximum atomic E-state index is 6.14. The van der Waals surface area contributed by atoms with E-state index in [2.05, 4.69) is 22.3 Å². The number of rotatable bonds is 8. The van der Waals surface area contributed by atoms with Gasteiger partial charge in [0.15, 0.2) is 11.5 Å². The van der Waals surface area contributed by atoms with E-state index in [1.165, 1.54) is 67.5 Å². The van der Waals surface area contributed by atoms with Crippen molar-refractivity contribution in [2.75, 3.05) is 38.7 Å². The average Bonchev–Trinajstić information content (AvgIpc) is 3.17. The van der Waals surface area contributed by atoms with Crippen molar-refractivity contribution in [1.82, 2.24) is 9.88 Å². The number of fused-ring (bicyclic) bond motifs is 2. The summed E-state index contributed by atoms with van der Waals surface area (Å²) in [5, 5.41) is 4.95. The van der Waals surface area contributed by atoms with E-state index in [0.717, 1.165) is 49.4 Å². The van der Waals surface area contributed by atoms with E-state index in [0.29, 0.717) is 6.04 Å². The van der Waals surface area contributed by atoms with Crippen LogP contribution in [-0.4, -0.2) is 49.3 Å². The van der Waals surface area contributed by atoms with E-state index in [4.69, 9.17) is 14.5 Å². The molecule has 1 saturated carbocycles. The van der Waals surface area contributed by atoms with E-state index in [9.17, 15) is 0 Å². The minimum absolute atomic E-state index is 0.628. The number of pyridine rings is 1. The molecule has 2 aliphatic carbocycles. The van der Waals surface area contributed by atoms with Gasteiger partial charge in [0.1, 0.15) is 0 Å². The second-order valence-corrected chi connectivity index (χ2v) is 8.46. The molecule has 1 aliphatic heterocycles. The number of aromatic nitrogens is 1. The third-order valence-electron chi connectivity index (χ3n) is 6.30. The molecule has 1 aromatic carbocycles. The number of hydrogen-bond acceptors (Lipinski definition) is 5. The summed E-state index contributed by atoms with van der Waals surface area (Å²) in [6.07, 6.45) is 9.69. The molecule has 0 unspecified atom stereocenters. The molecule has 0 atom stereocenters. The van der Waals surface area contributed by atoms with E-state index >= 15 is 0 Å². The lowest BCUT2D eigenvalue weighted by Crippen LogP contribution is -2.21. The van der Waals surface area contributed by atoms with Gasteiger partial charge in [-0.15, -0.1) is 0 Å². The van der Waals surface area contributed by atoms with Crippen LogP contribution < -0.4 is 14.8 Å². The Balaban J connectivity index is 1.39. The van der Waals surface area contributed by atoms with Gasteiger partial charge >= 0.3 is 0 Å². The smallest absolute Gasteiger partial charge is 0.163 e. The molecule has 5 nitrogen and oxygen atoms in total. The number of ether oxygens (including phenoxy) is 2. The first-order valence-corrected chi connectivity index (χ1v) is 11.0. The van der Waals surface area contributed by atoms with E-state index in [1.807, 2.05) is 0 Å². The maximum Gasteiger partial charge on any atom is 0.163 e. The Kier molecular flexibility index (Phi) is 5.02. The molecule has 2 fully saturated rings. The van der Waals surface area contributed by atoms with Crippen molar-refractivity contribution >= 4 is 16.6 Å². The molecular formula is C23H31N3O2. The number of likely N-dealkylation sites (tertiary alicyclic amines) is 1.